The van der Waals surface area contributed by atoms with Crippen molar-refractivity contribution >= 4 is 34.2 Å². The minimum Gasteiger partial charge on any atom is -0.306 e. The molecule has 0 aliphatic carbocycles. The summed E-state index contributed by atoms with van der Waals surface area (Å²) >= 11 is 0. The highest BCUT2D eigenvalue weighted by molar-refractivity contribution is 5.94. The van der Waals surface area contributed by atoms with Crippen LogP contribution in [0, 0.1) is 0 Å². The van der Waals surface area contributed by atoms with Crippen LogP contribution in [0.1, 0.15) is 56.6 Å². The SMILES string of the molecule is C=Cc1[nH]c(=O)n(C2CCN(Cc3ccc(-c4nc5cc6[nH]c(=O)[nH]c6cc5nc4-c4ccccc4)cc3)CC2)c1/C=C\C.CC. The van der Waals surface area contributed by atoms with Crippen molar-refractivity contribution in [1.82, 2.24) is 34.4 Å². The number of aromatic amines is 3. The second-order valence-corrected chi connectivity index (χ2v) is 11.3. The van der Waals surface area contributed by atoms with Crippen LogP contribution in [0.25, 0.3) is 56.7 Å². The number of rotatable bonds is 7. The van der Waals surface area contributed by atoms with E-state index in [4.69, 9.17) is 9.97 Å². The molecule has 1 aliphatic rings. The predicted octanol–water partition coefficient (Wildman–Crippen LogP) is 7.16. The van der Waals surface area contributed by atoms with Crippen molar-refractivity contribution < 1.29 is 0 Å². The number of hydrogen-bond acceptors (Lipinski definition) is 5. The van der Waals surface area contributed by atoms with E-state index in [1.54, 1.807) is 6.08 Å². The minimum absolute atomic E-state index is 0.0699. The molecular formula is C37H39N7O2. The molecule has 0 saturated carbocycles. The molecule has 7 rings (SSSR count). The quantitative estimate of drug-likeness (QED) is 0.177. The Morgan fingerprint density at radius 2 is 1.43 bits per heavy atom. The van der Waals surface area contributed by atoms with E-state index < -0.39 is 0 Å². The van der Waals surface area contributed by atoms with Crippen molar-refractivity contribution in [3.63, 3.8) is 0 Å². The second kappa shape index (κ2) is 13.4. The zero-order valence-corrected chi connectivity index (χ0v) is 26.5. The number of H-pyrrole nitrogens is 3. The van der Waals surface area contributed by atoms with Gasteiger partial charge in [0, 0.05) is 36.8 Å². The summed E-state index contributed by atoms with van der Waals surface area (Å²) < 4.78 is 1.90. The fourth-order valence-corrected chi connectivity index (χ4v) is 6.27. The number of aromatic nitrogens is 6. The largest absolute Gasteiger partial charge is 0.326 e. The van der Waals surface area contributed by atoms with Crippen LogP contribution in [0.5, 0.6) is 0 Å². The van der Waals surface area contributed by atoms with Gasteiger partial charge < -0.3 is 15.0 Å². The summed E-state index contributed by atoms with van der Waals surface area (Å²) in [5.41, 5.74) is 8.96. The van der Waals surface area contributed by atoms with Gasteiger partial charge in [0.15, 0.2) is 0 Å². The Bertz CT molecular complexity index is 2120. The molecule has 0 bridgehead atoms. The Morgan fingerprint density at radius 1 is 0.848 bits per heavy atom. The summed E-state index contributed by atoms with van der Waals surface area (Å²) in [6, 6.07) is 22.5. The van der Waals surface area contributed by atoms with Gasteiger partial charge >= 0.3 is 11.4 Å². The Balaban J connectivity index is 0.00000182. The van der Waals surface area contributed by atoms with Gasteiger partial charge in [-0.3, -0.25) is 9.47 Å². The molecule has 6 aromatic rings. The zero-order chi connectivity index (χ0) is 32.2. The molecule has 0 unspecified atom stereocenters. The third-order valence-corrected chi connectivity index (χ3v) is 8.43. The van der Waals surface area contributed by atoms with Crippen LogP contribution < -0.4 is 11.4 Å². The highest BCUT2D eigenvalue weighted by Crippen LogP contribution is 2.32. The van der Waals surface area contributed by atoms with Gasteiger partial charge in [0.2, 0.25) is 0 Å². The highest BCUT2D eigenvalue weighted by Gasteiger charge is 2.25. The molecular weight excluding hydrogens is 574 g/mol. The van der Waals surface area contributed by atoms with Crippen molar-refractivity contribution in [2.24, 2.45) is 0 Å². The number of imidazole rings is 2. The van der Waals surface area contributed by atoms with Crippen LogP contribution in [0.2, 0.25) is 0 Å². The van der Waals surface area contributed by atoms with Crippen molar-refractivity contribution in [3.05, 3.63) is 117 Å². The van der Waals surface area contributed by atoms with E-state index in [0.717, 1.165) is 71.9 Å². The van der Waals surface area contributed by atoms with Crippen molar-refractivity contribution in [2.45, 2.75) is 46.2 Å². The van der Waals surface area contributed by atoms with E-state index in [-0.39, 0.29) is 17.4 Å². The average Bonchev–Trinajstić information content (AvgIpc) is 3.62. The summed E-state index contributed by atoms with van der Waals surface area (Å²) in [5.74, 6) is 0. The monoisotopic (exact) mass is 613 g/mol. The van der Waals surface area contributed by atoms with Crippen molar-refractivity contribution in [1.29, 1.82) is 0 Å². The van der Waals surface area contributed by atoms with E-state index in [1.807, 2.05) is 80.0 Å². The first-order chi connectivity index (χ1) is 22.5. The first kappa shape index (κ1) is 30.7. The maximum absolute atomic E-state index is 12.7. The molecule has 1 fully saturated rings. The molecule has 234 valence electrons. The molecule has 1 saturated heterocycles. The number of nitrogens with zero attached hydrogens (tertiary/aromatic N) is 4. The first-order valence-corrected chi connectivity index (χ1v) is 15.9. The van der Waals surface area contributed by atoms with Gasteiger partial charge in [-0.1, -0.05) is 81.1 Å². The molecule has 4 heterocycles. The molecule has 0 atom stereocenters. The Kier molecular flexibility index (Phi) is 8.94. The zero-order valence-electron chi connectivity index (χ0n) is 26.5. The fraction of sp³-hybridized carbons (Fsp3) is 0.243. The molecule has 9 nitrogen and oxygen atoms in total. The standard InChI is InChI=1S/C35H33N7O2.C2H6/c1-3-8-31-26(4-2)40-35(44)42(31)25-15-17-41(18-16-25)21-22-11-13-24(14-12-22)33-32(23-9-6-5-7-10-23)36-27-19-29-30(20-28(27)37-33)39-34(43)38-29;1-2/h3-14,19-20,25H,2,15-18,21H2,1H3,(H,40,44)(H2,38,39,43);1-2H3/b8-3-;. The topological polar surface area (TPSA) is 115 Å². The van der Waals surface area contributed by atoms with Gasteiger partial charge in [-0.15, -0.1) is 0 Å². The lowest BCUT2D eigenvalue weighted by atomic mass is 10.0. The van der Waals surface area contributed by atoms with Crippen LogP contribution in [-0.4, -0.2) is 47.5 Å². The van der Waals surface area contributed by atoms with E-state index >= 15 is 0 Å². The summed E-state index contributed by atoms with van der Waals surface area (Å²) in [5, 5.41) is 0. The normalized spacial score (nSPS) is 14.2. The molecule has 3 aromatic heterocycles. The molecule has 46 heavy (non-hydrogen) atoms. The lowest BCUT2D eigenvalue weighted by Crippen LogP contribution is -2.37. The van der Waals surface area contributed by atoms with Gasteiger partial charge in [-0.25, -0.2) is 19.6 Å². The van der Waals surface area contributed by atoms with Crippen LogP contribution in [0.3, 0.4) is 0 Å². The predicted molar refractivity (Wildman–Crippen MR) is 188 cm³/mol. The third-order valence-electron chi connectivity index (χ3n) is 8.43. The maximum Gasteiger partial charge on any atom is 0.326 e. The average molecular weight is 614 g/mol. The Hall–Kier alpha value is -5.28. The minimum atomic E-state index is -0.253. The van der Waals surface area contributed by atoms with Crippen LogP contribution in [0.4, 0.5) is 0 Å². The molecule has 0 radical (unpaired) electrons. The molecule has 0 amide bonds. The van der Waals surface area contributed by atoms with Gasteiger partial charge in [0.25, 0.3) is 0 Å². The fourth-order valence-electron chi connectivity index (χ4n) is 6.27. The van der Waals surface area contributed by atoms with Crippen molar-refractivity contribution in [3.8, 4) is 22.5 Å². The maximum atomic E-state index is 12.7. The number of nitrogens with one attached hydrogen (secondary N) is 3. The number of allylic oxidation sites excluding steroid dienone is 1. The van der Waals surface area contributed by atoms with Gasteiger partial charge in [0.05, 0.1) is 44.8 Å². The molecule has 3 aromatic carbocycles. The third kappa shape index (κ3) is 6.01. The summed E-state index contributed by atoms with van der Waals surface area (Å²) in [6.45, 7) is 12.5. The van der Waals surface area contributed by atoms with E-state index in [9.17, 15) is 9.59 Å². The van der Waals surface area contributed by atoms with Crippen LogP contribution >= 0.6 is 0 Å². The smallest absolute Gasteiger partial charge is 0.306 e. The van der Waals surface area contributed by atoms with Crippen LogP contribution in [-0.2, 0) is 6.54 Å². The first-order valence-electron chi connectivity index (χ1n) is 15.9. The molecule has 1 aliphatic heterocycles. The van der Waals surface area contributed by atoms with Crippen molar-refractivity contribution in [2.75, 3.05) is 13.1 Å². The number of hydrogen-bond donors (Lipinski definition) is 3. The molecule has 9 heteroatoms. The number of piperidine rings is 1. The lowest BCUT2D eigenvalue weighted by Gasteiger charge is -2.32. The number of fused-ring (bicyclic) bond motifs is 2. The Morgan fingerprint density at radius 3 is 2.00 bits per heavy atom. The molecule has 0 spiro atoms. The van der Waals surface area contributed by atoms with Gasteiger partial charge in [-0.2, -0.15) is 0 Å². The van der Waals surface area contributed by atoms with E-state index in [2.05, 4.69) is 50.7 Å². The summed E-state index contributed by atoms with van der Waals surface area (Å²) in [7, 11) is 0. The van der Waals surface area contributed by atoms with Gasteiger partial charge in [-0.05, 0) is 49.6 Å². The van der Waals surface area contributed by atoms with Crippen LogP contribution in [0.15, 0.2) is 89.0 Å². The Labute approximate surface area is 267 Å². The van der Waals surface area contributed by atoms with E-state index in [0.29, 0.717) is 16.6 Å². The highest BCUT2D eigenvalue weighted by atomic mass is 16.1. The number of likely N-dealkylation sites (tertiary alicyclic amines) is 1. The van der Waals surface area contributed by atoms with E-state index in [1.165, 1.54) is 5.56 Å². The van der Waals surface area contributed by atoms with Gasteiger partial charge in [0.1, 0.15) is 0 Å². The number of benzene rings is 3. The lowest BCUT2D eigenvalue weighted by molar-refractivity contribution is 0.177. The molecule has 3 N–H and O–H groups in total. The summed E-state index contributed by atoms with van der Waals surface area (Å²) in [6.07, 6.45) is 7.46. The summed E-state index contributed by atoms with van der Waals surface area (Å²) in [4.78, 5) is 45.7. The second-order valence-electron chi connectivity index (χ2n) is 11.3.